The van der Waals surface area contributed by atoms with Crippen LogP contribution in [0.2, 0.25) is 0 Å². The number of urea groups is 1. The van der Waals surface area contributed by atoms with Crippen molar-refractivity contribution in [2.45, 2.75) is 44.2 Å². The molecule has 3 aliphatic rings. The van der Waals surface area contributed by atoms with Crippen LogP contribution in [0.5, 0.6) is 5.75 Å². The second kappa shape index (κ2) is 7.48. The third-order valence-corrected chi connectivity index (χ3v) is 5.54. The number of ether oxygens (including phenoxy) is 1. The Morgan fingerprint density at radius 1 is 1.08 bits per heavy atom. The van der Waals surface area contributed by atoms with Crippen LogP contribution in [0.15, 0.2) is 36.4 Å². The maximum absolute atomic E-state index is 12.7. The molecule has 0 radical (unpaired) electrons. The minimum absolute atomic E-state index is 0.0165. The van der Waals surface area contributed by atoms with Crippen LogP contribution in [0.1, 0.15) is 32.1 Å². The summed E-state index contributed by atoms with van der Waals surface area (Å²) < 4.78 is 6.12. The van der Waals surface area contributed by atoms with Crippen LogP contribution in [0.25, 0.3) is 0 Å². The van der Waals surface area contributed by atoms with E-state index in [0.29, 0.717) is 6.04 Å². The van der Waals surface area contributed by atoms with Crippen LogP contribution >= 0.6 is 0 Å². The fourth-order valence-electron chi connectivity index (χ4n) is 4.07. The van der Waals surface area contributed by atoms with Gasteiger partial charge in [-0.2, -0.15) is 0 Å². The van der Waals surface area contributed by atoms with Crippen LogP contribution in [-0.2, 0) is 0 Å². The molecule has 1 saturated carbocycles. The summed E-state index contributed by atoms with van der Waals surface area (Å²) in [5.41, 5.74) is 0.783. The summed E-state index contributed by atoms with van der Waals surface area (Å²) in [6, 6.07) is 8.26. The monoisotopic (exact) mass is 341 g/mol. The van der Waals surface area contributed by atoms with E-state index in [4.69, 9.17) is 4.74 Å². The molecule has 1 saturated heterocycles. The lowest BCUT2D eigenvalue weighted by Crippen LogP contribution is -2.39. The number of anilines is 1. The maximum atomic E-state index is 12.7. The molecule has 25 heavy (non-hydrogen) atoms. The van der Waals surface area contributed by atoms with E-state index in [-0.39, 0.29) is 12.1 Å². The summed E-state index contributed by atoms with van der Waals surface area (Å²) in [4.78, 5) is 17.1. The Labute approximate surface area is 149 Å². The molecule has 0 aromatic heterocycles. The number of amides is 2. The number of carbonyl (C=O) groups is 1. The first-order chi connectivity index (χ1) is 12.3. The quantitative estimate of drug-likeness (QED) is 0.853. The lowest BCUT2D eigenvalue weighted by atomic mass is 10.2. The van der Waals surface area contributed by atoms with Crippen molar-refractivity contribution in [3.05, 3.63) is 36.4 Å². The number of para-hydroxylation sites is 2. The Bertz CT molecular complexity index is 632. The lowest BCUT2D eigenvalue weighted by molar-refractivity contribution is 0.207. The summed E-state index contributed by atoms with van der Waals surface area (Å²) >= 11 is 0. The van der Waals surface area contributed by atoms with Crippen molar-refractivity contribution in [2.75, 3.05) is 31.5 Å². The van der Waals surface area contributed by atoms with E-state index in [1.165, 1.54) is 12.8 Å². The van der Waals surface area contributed by atoms with Gasteiger partial charge in [-0.15, -0.1) is 0 Å². The Balaban J connectivity index is 1.36. The molecule has 2 amide bonds. The molecule has 0 spiro atoms. The SMILES string of the molecule is O=C(Nc1ccccc1OC1CCCC1)N1CC[C@H](N2CC=CC2)C1. The van der Waals surface area contributed by atoms with E-state index < -0.39 is 0 Å². The minimum atomic E-state index is -0.0165. The zero-order chi connectivity index (χ0) is 17.1. The first-order valence-electron chi connectivity index (χ1n) is 9.50. The van der Waals surface area contributed by atoms with Gasteiger partial charge in [0.15, 0.2) is 0 Å². The molecular weight excluding hydrogens is 314 g/mol. The van der Waals surface area contributed by atoms with Crippen molar-refractivity contribution < 1.29 is 9.53 Å². The summed E-state index contributed by atoms with van der Waals surface area (Å²) in [6.45, 7) is 3.65. The maximum Gasteiger partial charge on any atom is 0.322 e. The van der Waals surface area contributed by atoms with Crippen molar-refractivity contribution in [3.63, 3.8) is 0 Å². The molecule has 1 N–H and O–H groups in total. The van der Waals surface area contributed by atoms with Crippen molar-refractivity contribution in [1.29, 1.82) is 0 Å². The average molecular weight is 341 g/mol. The highest BCUT2D eigenvalue weighted by Crippen LogP contribution is 2.30. The van der Waals surface area contributed by atoms with Gasteiger partial charge in [0.2, 0.25) is 0 Å². The van der Waals surface area contributed by atoms with Gasteiger partial charge in [0.05, 0.1) is 11.8 Å². The second-order valence-corrected chi connectivity index (χ2v) is 7.26. The van der Waals surface area contributed by atoms with Gasteiger partial charge in [-0.1, -0.05) is 24.3 Å². The van der Waals surface area contributed by atoms with Crippen LogP contribution < -0.4 is 10.1 Å². The van der Waals surface area contributed by atoms with E-state index in [2.05, 4.69) is 22.4 Å². The smallest absolute Gasteiger partial charge is 0.322 e. The number of nitrogens with one attached hydrogen (secondary N) is 1. The van der Waals surface area contributed by atoms with Crippen LogP contribution in [-0.4, -0.2) is 54.2 Å². The minimum Gasteiger partial charge on any atom is -0.488 e. The number of hydrogen-bond acceptors (Lipinski definition) is 3. The summed E-state index contributed by atoms with van der Waals surface area (Å²) in [5.74, 6) is 0.794. The molecule has 4 rings (SSSR count). The van der Waals surface area contributed by atoms with Gasteiger partial charge in [0, 0.05) is 32.2 Å². The molecule has 134 valence electrons. The first kappa shape index (κ1) is 16.5. The fraction of sp³-hybridized carbons (Fsp3) is 0.550. The van der Waals surface area contributed by atoms with E-state index in [0.717, 1.165) is 56.9 Å². The molecule has 1 aliphatic carbocycles. The van der Waals surface area contributed by atoms with Gasteiger partial charge in [0.1, 0.15) is 5.75 Å². The highest BCUT2D eigenvalue weighted by Gasteiger charge is 2.31. The van der Waals surface area contributed by atoms with Gasteiger partial charge in [0.25, 0.3) is 0 Å². The normalized spacial score (nSPS) is 24.2. The number of likely N-dealkylation sites (tertiary alicyclic amines) is 1. The fourth-order valence-corrected chi connectivity index (χ4v) is 4.07. The van der Waals surface area contributed by atoms with Gasteiger partial charge >= 0.3 is 6.03 Å². The molecule has 5 nitrogen and oxygen atoms in total. The zero-order valence-electron chi connectivity index (χ0n) is 14.7. The van der Waals surface area contributed by atoms with Gasteiger partial charge in [-0.05, 0) is 44.2 Å². The Hall–Kier alpha value is -2.01. The molecule has 1 aromatic carbocycles. The summed E-state index contributed by atoms with van der Waals surface area (Å²) in [6.07, 6.45) is 10.4. The first-order valence-corrected chi connectivity index (χ1v) is 9.50. The molecule has 1 aromatic rings. The highest BCUT2D eigenvalue weighted by atomic mass is 16.5. The molecule has 0 bridgehead atoms. The Morgan fingerprint density at radius 3 is 2.64 bits per heavy atom. The molecule has 2 aliphatic heterocycles. The van der Waals surface area contributed by atoms with Crippen molar-refractivity contribution in [3.8, 4) is 5.75 Å². The largest absolute Gasteiger partial charge is 0.488 e. The highest BCUT2D eigenvalue weighted by molar-refractivity contribution is 5.91. The molecule has 5 heteroatoms. The van der Waals surface area contributed by atoms with Crippen molar-refractivity contribution >= 4 is 11.7 Å². The molecule has 2 heterocycles. The molecule has 0 unspecified atom stereocenters. The predicted octanol–water partition coefficient (Wildman–Crippen LogP) is 3.49. The van der Waals surface area contributed by atoms with Crippen molar-refractivity contribution in [1.82, 2.24) is 9.80 Å². The third kappa shape index (κ3) is 3.82. The molecular formula is C20H27N3O2. The lowest BCUT2D eigenvalue weighted by Gasteiger charge is -2.24. The van der Waals surface area contributed by atoms with Crippen LogP contribution in [0.3, 0.4) is 0 Å². The Morgan fingerprint density at radius 2 is 1.84 bits per heavy atom. The van der Waals surface area contributed by atoms with E-state index in [1.807, 2.05) is 29.2 Å². The topological polar surface area (TPSA) is 44.8 Å². The predicted molar refractivity (Wildman–Crippen MR) is 99.0 cm³/mol. The van der Waals surface area contributed by atoms with E-state index in [1.54, 1.807) is 0 Å². The third-order valence-electron chi connectivity index (χ3n) is 5.54. The number of hydrogen-bond donors (Lipinski definition) is 1. The van der Waals surface area contributed by atoms with E-state index >= 15 is 0 Å². The molecule has 1 atom stereocenters. The number of benzene rings is 1. The number of rotatable bonds is 4. The average Bonchev–Trinajstić information content (AvgIpc) is 3.38. The van der Waals surface area contributed by atoms with Gasteiger partial charge in [-0.3, -0.25) is 4.90 Å². The van der Waals surface area contributed by atoms with Gasteiger partial charge in [-0.25, -0.2) is 4.79 Å². The second-order valence-electron chi connectivity index (χ2n) is 7.26. The standard InChI is InChI=1S/C20H27N3O2/c24-20(23-14-11-16(15-23)22-12-5-6-13-22)21-18-9-3-4-10-19(18)25-17-7-1-2-8-17/h3-6,9-10,16-17H,1-2,7-8,11-15H2,(H,21,24)/t16-/m0/s1. The number of carbonyl (C=O) groups excluding carboxylic acids is 1. The number of nitrogens with zero attached hydrogens (tertiary/aromatic N) is 2. The molecule has 2 fully saturated rings. The van der Waals surface area contributed by atoms with Crippen molar-refractivity contribution in [2.24, 2.45) is 0 Å². The zero-order valence-corrected chi connectivity index (χ0v) is 14.7. The Kier molecular flexibility index (Phi) is 4.92. The summed E-state index contributed by atoms with van der Waals surface area (Å²) in [7, 11) is 0. The summed E-state index contributed by atoms with van der Waals surface area (Å²) in [5, 5.41) is 3.07. The van der Waals surface area contributed by atoms with Gasteiger partial charge < -0.3 is 15.0 Å². The van der Waals surface area contributed by atoms with E-state index in [9.17, 15) is 4.79 Å². The van der Waals surface area contributed by atoms with Crippen LogP contribution in [0.4, 0.5) is 10.5 Å². The van der Waals surface area contributed by atoms with Crippen LogP contribution in [0, 0.1) is 0 Å².